The van der Waals surface area contributed by atoms with Crippen molar-refractivity contribution < 1.29 is 45.5 Å². The third-order valence-corrected chi connectivity index (χ3v) is 10.4. The number of nitrogens with zero attached hydrogens (tertiary/aromatic N) is 3. The van der Waals surface area contributed by atoms with E-state index in [4.69, 9.17) is 14.0 Å². The van der Waals surface area contributed by atoms with Gasteiger partial charge in [0.15, 0.2) is 10.7 Å². The number of sulfonamides is 1. The number of aromatic nitrogens is 1. The monoisotopic (exact) mass is 724 g/mol. The predicted octanol–water partition coefficient (Wildman–Crippen LogP) is 6.04. The van der Waals surface area contributed by atoms with Crippen molar-refractivity contribution >= 4 is 21.6 Å². The zero-order valence-corrected chi connectivity index (χ0v) is 30.1. The van der Waals surface area contributed by atoms with Crippen LogP contribution in [0, 0.1) is 19.8 Å². The molecule has 50 heavy (non-hydrogen) atoms. The number of likely N-dealkylation sites (N-methyl/N-ethyl adjacent to an activating group) is 1. The van der Waals surface area contributed by atoms with Gasteiger partial charge in [0.05, 0.1) is 36.0 Å². The minimum atomic E-state index is -4.41. The third-order valence-electron chi connectivity index (χ3n) is 8.77. The van der Waals surface area contributed by atoms with E-state index in [1.54, 1.807) is 13.0 Å². The second kappa shape index (κ2) is 16.6. The number of rotatable bonds is 9. The molecular formula is C35H47F3N4O7S. The molecule has 1 aliphatic rings. The Hall–Kier alpha value is -3.66. The first kappa shape index (κ1) is 39.1. The normalized spacial score (nSPS) is 20.6. The molecular weight excluding hydrogens is 677 g/mol. The van der Waals surface area contributed by atoms with Gasteiger partial charge in [-0.3, -0.25) is 14.4 Å². The Kier molecular flexibility index (Phi) is 13.0. The molecule has 3 aromatic rings. The van der Waals surface area contributed by atoms with E-state index >= 15 is 0 Å². The van der Waals surface area contributed by atoms with Crippen molar-refractivity contribution in [3.63, 3.8) is 0 Å². The van der Waals surface area contributed by atoms with E-state index in [2.05, 4.69) is 9.88 Å². The summed E-state index contributed by atoms with van der Waals surface area (Å²) in [5, 5.41) is 14.0. The molecule has 11 nitrogen and oxygen atoms in total. The number of benzene rings is 2. The lowest BCUT2D eigenvalue weighted by Gasteiger charge is -2.36. The first-order chi connectivity index (χ1) is 23.5. The summed E-state index contributed by atoms with van der Waals surface area (Å²) < 4.78 is 86.0. The smallest absolute Gasteiger partial charge is 0.416 e. The van der Waals surface area contributed by atoms with E-state index in [-0.39, 0.29) is 64.6 Å². The minimum absolute atomic E-state index is 0.0903. The van der Waals surface area contributed by atoms with Gasteiger partial charge in [0.1, 0.15) is 11.4 Å². The summed E-state index contributed by atoms with van der Waals surface area (Å²) in [6, 6.07) is 8.97. The molecule has 0 aliphatic carbocycles. The molecule has 0 fully saturated rings. The van der Waals surface area contributed by atoms with Gasteiger partial charge in [0, 0.05) is 37.8 Å². The number of hydrogen-bond acceptors (Lipinski definition) is 9. The molecule has 15 heteroatoms. The van der Waals surface area contributed by atoms with Crippen molar-refractivity contribution in [2.75, 3.05) is 38.1 Å². The number of ether oxygens (including phenoxy) is 2. The highest BCUT2D eigenvalue weighted by atomic mass is 32.2. The Morgan fingerprint density at radius 1 is 1.12 bits per heavy atom. The highest BCUT2D eigenvalue weighted by Gasteiger charge is 2.32. The standard InChI is InChI=1S/C35H47F3N4O7S/c1-22-18-42(23(2)21-43)34(44)30-17-29(40-50(45,46)33-25(4)39-49-26(33)5)14-15-31(30)48-24(3)9-7-8-16-47-32(22)20-41(6)19-27-10-12-28(13-11-27)35(36,37)38/h10-15,17,22-24,32,40,43H,7-9,16,18-21H2,1-6H3/t22-,23+,24+,32-/m0/s1. The van der Waals surface area contributed by atoms with Crippen molar-refractivity contribution in [2.45, 2.75) is 89.7 Å². The summed E-state index contributed by atoms with van der Waals surface area (Å²) in [5.41, 5.74) is 0.453. The number of aliphatic hydroxyl groups excluding tert-OH is 1. The number of anilines is 1. The third kappa shape index (κ3) is 9.98. The van der Waals surface area contributed by atoms with E-state index < -0.39 is 33.7 Å². The second-order valence-corrected chi connectivity index (χ2v) is 14.8. The Labute approximate surface area is 291 Å². The quantitative estimate of drug-likeness (QED) is 0.271. The Balaban J connectivity index is 1.62. The Morgan fingerprint density at radius 3 is 2.44 bits per heavy atom. The van der Waals surface area contributed by atoms with Crippen LogP contribution in [0.1, 0.15) is 73.0 Å². The lowest BCUT2D eigenvalue weighted by molar-refractivity contribution is -0.137. The van der Waals surface area contributed by atoms with Crippen molar-refractivity contribution in [2.24, 2.45) is 5.92 Å². The molecule has 1 aromatic heterocycles. The fourth-order valence-corrected chi connectivity index (χ4v) is 7.38. The van der Waals surface area contributed by atoms with Gasteiger partial charge in [-0.15, -0.1) is 0 Å². The molecule has 4 rings (SSSR count). The molecule has 276 valence electrons. The summed E-state index contributed by atoms with van der Waals surface area (Å²) in [6.45, 7) is 9.70. The van der Waals surface area contributed by atoms with Crippen LogP contribution in [0.2, 0.25) is 0 Å². The summed E-state index contributed by atoms with van der Waals surface area (Å²) in [5.74, 6) is -0.296. The maximum absolute atomic E-state index is 14.4. The van der Waals surface area contributed by atoms with Crippen LogP contribution in [0.15, 0.2) is 51.9 Å². The number of aryl methyl sites for hydroxylation is 2. The van der Waals surface area contributed by atoms with Gasteiger partial charge in [-0.25, -0.2) is 8.42 Å². The van der Waals surface area contributed by atoms with Crippen LogP contribution < -0.4 is 9.46 Å². The van der Waals surface area contributed by atoms with Gasteiger partial charge < -0.3 is 24.0 Å². The van der Waals surface area contributed by atoms with Crippen LogP contribution >= 0.6 is 0 Å². The first-order valence-electron chi connectivity index (χ1n) is 16.6. The van der Waals surface area contributed by atoms with Crippen LogP contribution in [0.3, 0.4) is 0 Å². The van der Waals surface area contributed by atoms with Gasteiger partial charge in [-0.05, 0) is 89.9 Å². The molecule has 1 amide bonds. The molecule has 0 saturated carbocycles. The van der Waals surface area contributed by atoms with Gasteiger partial charge in [0.25, 0.3) is 15.9 Å². The van der Waals surface area contributed by atoms with Crippen molar-refractivity contribution in [3.8, 4) is 5.75 Å². The predicted molar refractivity (Wildman–Crippen MR) is 181 cm³/mol. The van der Waals surface area contributed by atoms with Crippen molar-refractivity contribution in [1.82, 2.24) is 15.0 Å². The minimum Gasteiger partial charge on any atom is -0.490 e. The lowest BCUT2D eigenvalue weighted by atomic mass is 10.0. The summed E-state index contributed by atoms with van der Waals surface area (Å²) in [4.78, 5) is 17.8. The van der Waals surface area contributed by atoms with Gasteiger partial charge in [-0.2, -0.15) is 13.2 Å². The number of hydrogen-bond donors (Lipinski definition) is 2. The van der Waals surface area contributed by atoms with E-state index in [1.165, 1.54) is 43.0 Å². The Bertz CT molecular complexity index is 1680. The van der Waals surface area contributed by atoms with E-state index in [0.717, 1.165) is 25.0 Å². The zero-order valence-electron chi connectivity index (χ0n) is 29.3. The fourth-order valence-electron chi connectivity index (χ4n) is 6.00. The molecule has 4 atom stereocenters. The van der Waals surface area contributed by atoms with E-state index in [9.17, 15) is 31.5 Å². The molecule has 2 N–H and O–H groups in total. The van der Waals surface area contributed by atoms with Crippen LogP contribution in [0.5, 0.6) is 5.75 Å². The Morgan fingerprint density at radius 2 is 1.82 bits per heavy atom. The molecule has 1 aliphatic heterocycles. The lowest BCUT2D eigenvalue weighted by Crippen LogP contribution is -2.47. The van der Waals surface area contributed by atoms with Crippen LogP contribution in [-0.2, 0) is 27.5 Å². The molecule has 0 bridgehead atoms. The number of carbonyl (C=O) groups is 1. The number of alkyl halides is 3. The van der Waals surface area contributed by atoms with Crippen LogP contribution in [-0.4, -0.2) is 86.0 Å². The number of amides is 1. The molecule has 0 radical (unpaired) electrons. The summed E-state index contributed by atoms with van der Waals surface area (Å²) in [7, 11) is -2.25. The number of halogens is 3. The average Bonchev–Trinajstić information content (AvgIpc) is 3.40. The largest absolute Gasteiger partial charge is 0.490 e. The number of aliphatic hydroxyl groups is 1. The molecule has 2 heterocycles. The summed E-state index contributed by atoms with van der Waals surface area (Å²) in [6.07, 6.45) is -2.84. The highest BCUT2D eigenvalue weighted by Crippen LogP contribution is 2.31. The topological polar surface area (TPSA) is 134 Å². The second-order valence-electron chi connectivity index (χ2n) is 13.2. The molecule has 2 aromatic carbocycles. The summed E-state index contributed by atoms with van der Waals surface area (Å²) >= 11 is 0. The maximum Gasteiger partial charge on any atom is 0.416 e. The first-order valence-corrected chi connectivity index (χ1v) is 18.1. The van der Waals surface area contributed by atoms with Crippen molar-refractivity contribution in [3.05, 3.63) is 70.6 Å². The van der Waals surface area contributed by atoms with Gasteiger partial charge in [0.2, 0.25) is 0 Å². The van der Waals surface area contributed by atoms with Crippen molar-refractivity contribution in [1.29, 1.82) is 0 Å². The fraction of sp³-hybridized carbons (Fsp3) is 0.543. The number of nitrogens with one attached hydrogen (secondary N) is 1. The molecule has 0 unspecified atom stereocenters. The van der Waals surface area contributed by atoms with Crippen LogP contribution in [0.4, 0.5) is 18.9 Å². The molecule has 0 spiro atoms. The number of carbonyl (C=O) groups excluding carboxylic acids is 1. The van der Waals surface area contributed by atoms with Gasteiger partial charge >= 0.3 is 6.18 Å². The zero-order chi connectivity index (χ0) is 36.8. The number of fused-ring (bicyclic) bond motifs is 1. The van der Waals surface area contributed by atoms with E-state index in [0.29, 0.717) is 31.7 Å². The van der Waals surface area contributed by atoms with Crippen LogP contribution in [0.25, 0.3) is 0 Å². The van der Waals surface area contributed by atoms with E-state index in [1.807, 2.05) is 25.8 Å². The average molecular weight is 725 g/mol. The SMILES string of the molecule is Cc1noc(C)c1S(=O)(=O)Nc1ccc2c(c1)C(=O)N([C@H](C)CO)C[C@H](C)[C@H](CN(C)Cc1ccc(C(F)(F)F)cc1)OCCCC[C@@H](C)O2. The highest BCUT2D eigenvalue weighted by molar-refractivity contribution is 7.92. The maximum atomic E-state index is 14.4. The van der Waals surface area contributed by atoms with Gasteiger partial charge in [-0.1, -0.05) is 24.2 Å². The molecule has 0 saturated heterocycles.